The van der Waals surface area contributed by atoms with Gasteiger partial charge in [0.2, 0.25) is 10.0 Å². The number of piperazine rings is 1. The summed E-state index contributed by atoms with van der Waals surface area (Å²) in [5.41, 5.74) is 0. The fourth-order valence-corrected chi connectivity index (χ4v) is 5.51. The highest BCUT2D eigenvalue weighted by atomic mass is 32.2. The van der Waals surface area contributed by atoms with Gasteiger partial charge in [-0.15, -0.1) is 0 Å². The Morgan fingerprint density at radius 3 is 2.40 bits per heavy atom. The van der Waals surface area contributed by atoms with Crippen LogP contribution in [-0.4, -0.2) is 56.1 Å². The number of nitrogens with zero attached hydrogens (tertiary/aromatic N) is 2. The van der Waals surface area contributed by atoms with Gasteiger partial charge in [0.25, 0.3) is 0 Å². The standard InChI is InChI=1S/C15H26N2O2S/c1-2-9-20(18,19)17-7-5-16(6-8-17)12-15-11-13-3-4-14(15)10-13/h3-4,13-15H,2,5-12H2,1H3/t13-,14+,15+/m0/s1. The van der Waals surface area contributed by atoms with E-state index in [1.807, 2.05) is 6.92 Å². The summed E-state index contributed by atoms with van der Waals surface area (Å²) >= 11 is 0. The summed E-state index contributed by atoms with van der Waals surface area (Å²) in [6, 6.07) is 0. The van der Waals surface area contributed by atoms with Crippen molar-refractivity contribution in [3.8, 4) is 0 Å². The average molecular weight is 298 g/mol. The maximum absolute atomic E-state index is 12.0. The predicted octanol–water partition coefficient (Wildman–Crippen LogP) is 1.56. The minimum Gasteiger partial charge on any atom is -0.300 e. The van der Waals surface area contributed by atoms with Gasteiger partial charge in [-0.05, 0) is 37.0 Å². The third-order valence-corrected chi connectivity index (χ3v) is 7.17. The van der Waals surface area contributed by atoms with Gasteiger partial charge in [-0.3, -0.25) is 0 Å². The lowest BCUT2D eigenvalue weighted by molar-refractivity contribution is 0.156. The third-order valence-electron chi connectivity index (χ3n) is 5.10. The van der Waals surface area contributed by atoms with E-state index in [1.165, 1.54) is 12.8 Å². The molecule has 1 saturated heterocycles. The number of fused-ring (bicyclic) bond motifs is 2. The summed E-state index contributed by atoms with van der Waals surface area (Å²) in [5, 5.41) is 0. The molecule has 20 heavy (non-hydrogen) atoms. The van der Waals surface area contributed by atoms with Gasteiger partial charge in [0.1, 0.15) is 0 Å². The van der Waals surface area contributed by atoms with Crippen LogP contribution in [0.15, 0.2) is 12.2 Å². The lowest BCUT2D eigenvalue weighted by atomic mass is 9.93. The zero-order valence-electron chi connectivity index (χ0n) is 12.4. The molecule has 3 rings (SSSR count). The van der Waals surface area contributed by atoms with E-state index in [0.29, 0.717) is 25.3 Å². The van der Waals surface area contributed by atoms with E-state index in [-0.39, 0.29) is 0 Å². The number of hydrogen-bond acceptors (Lipinski definition) is 3. The van der Waals surface area contributed by atoms with Gasteiger partial charge >= 0.3 is 0 Å². The van der Waals surface area contributed by atoms with Crippen LogP contribution >= 0.6 is 0 Å². The fraction of sp³-hybridized carbons (Fsp3) is 0.867. The quantitative estimate of drug-likeness (QED) is 0.723. The SMILES string of the molecule is CCCS(=O)(=O)N1CCN(C[C@H]2C[C@H]3C=C[C@@H]2C3)CC1. The molecule has 0 aromatic heterocycles. The molecule has 0 aromatic rings. The first-order valence-electron chi connectivity index (χ1n) is 7.97. The molecule has 3 aliphatic rings. The Labute approximate surface area is 122 Å². The molecule has 2 aliphatic carbocycles. The Kier molecular flexibility index (Phi) is 4.20. The van der Waals surface area contributed by atoms with Crippen molar-refractivity contribution in [3.05, 3.63) is 12.2 Å². The van der Waals surface area contributed by atoms with Crippen LogP contribution in [0.4, 0.5) is 0 Å². The largest absolute Gasteiger partial charge is 0.300 e. The lowest BCUT2D eigenvalue weighted by Gasteiger charge is -2.36. The highest BCUT2D eigenvalue weighted by Gasteiger charge is 2.37. The molecule has 0 radical (unpaired) electrons. The minimum atomic E-state index is -3.00. The summed E-state index contributed by atoms with van der Waals surface area (Å²) in [4.78, 5) is 2.47. The first-order chi connectivity index (χ1) is 9.58. The molecule has 1 aliphatic heterocycles. The van der Waals surface area contributed by atoms with Crippen LogP contribution in [-0.2, 0) is 10.0 Å². The molecule has 2 bridgehead atoms. The normalized spacial score (nSPS) is 35.0. The summed E-state index contributed by atoms with van der Waals surface area (Å²) in [6.07, 6.45) is 8.20. The molecule has 1 saturated carbocycles. The van der Waals surface area contributed by atoms with E-state index in [1.54, 1.807) is 4.31 Å². The fourth-order valence-electron chi connectivity index (χ4n) is 4.01. The van der Waals surface area contributed by atoms with Crippen molar-refractivity contribution in [2.24, 2.45) is 17.8 Å². The predicted molar refractivity (Wildman–Crippen MR) is 80.9 cm³/mol. The molecule has 3 atom stereocenters. The zero-order chi connectivity index (χ0) is 14.2. The number of sulfonamides is 1. The molecule has 0 amide bonds. The average Bonchev–Trinajstić information content (AvgIpc) is 3.01. The van der Waals surface area contributed by atoms with Gasteiger partial charge in [0.15, 0.2) is 0 Å². The maximum Gasteiger partial charge on any atom is 0.214 e. The van der Waals surface area contributed by atoms with Crippen molar-refractivity contribution in [2.75, 3.05) is 38.5 Å². The summed E-state index contributed by atoms with van der Waals surface area (Å²) in [6.45, 7) is 6.25. The van der Waals surface area contributed by atoms with E-state index in [2.05, 4.69) is 17.1 Å². The van der Waals surface area contributed by atoms with Crippen LogP contribution in [0.25, 0.3) is 0 Å². The van der Waals surface area contributed by atoms with Gasteiger partial charge < -0.3 is 4.90 Å². The van der Waals surface area contributed by atoms with Crippen LogP contribution in [0.5, 0.6) is 0 Å². The van der Waals surface area contributed by atoms with Crippen molar-refractivity contribution in [3.63, 3.8) is 0 Å². The maximum atomic E-state index is 12.0. The van der Waals surface area contributed by atoms with E-state index in [4.69, 9.17) is 0 Å². The Morgan fingerprint density at radius 1 is 1.10 bits per heavy atom. The van der Waals surface area contributed by atoms with Crippen LogP contribution in [0.2, 0.25) is 0 Å². The highest BCUT2D eigenvalue weighted by molar-refractivity contribution is 7.89. The second-order valence-electron chi connectivity index (χ2n) is 6.56. The molecule has 2 fully saturated rings. The molecular weight excluding hydrogens is 272 g/mol. The van der Waals surface area contributed by atoms with Gasteiger partial charge in [0.05, 0.1) is 5.75 Å². The Morgan fingerprint density at radius 2 is 1.85 bits per heavy atom. The second kappa shape index (κ2) is 5.78. The van der Waals surface area contributed by atoms with Crippen LogP contribution in [0, 0.1) is 17.8 Å². The lowest BCUT2D eigenvalue weighted by Crippen LogP contribution is -2.50. The van der Waals surface area contributed by atoms with E-state index >= 15 is 0 Å². The van der Waals surface area contributed by atoms with Crippen molar-refractivity contribution in [2.45, 2.75) is 26.2 Å². The van der Waals surface area contributed by atoms with E-state index < -0.39 is 10.0 Å². The molecule has 0 aromatic carbocycles. The molecular formula is C15H26N2O2S. The Hall–Kier alpha value is -0.390. The van der Waals surface area contributed by atoms with Crippen molar-refractivity contribution in [1.82, 2.24) is 9.21 Å². The molecule has 5 heteroatoms. The second-order valence-corrected chi connectivity index (χ2v) is 8.64. The zero-order valence-corrected chi connectivity index (χ0v) is 13.2. The molecule has 0 spiro atoms. The van der Waals surface area contributed by atoms with Crippen LogP contribution in [0.3, 0.4) is 0 Å². The van der Waals surface area contributed by atoms with Crippen LogP contribution in [0.1, 0.15) is 26.2 Å². The van der Waals surface area contributed by atoms with Gasteiger partial charge in [-0.2, -0.15) is 4.31 Å². The summed E-state index contributed by atoms with van der Waals surface area (Å²) < 4.78 is 25.8. The van der Waals surface area contributed by atoms with E-state index in [0.717, 1.165) is 37.4 Å². The third kappa shape index (κ3) is 2.95. The Balaban J connectivity index is 1.48. The highest BCUT2D eigenvalue weighted by Crippen LogP contribution is 2.43. The summed E-state index contributed by atoms with van der Waals surface area (Å²) in [7, 11) is -3.00. The molecule has 114 valence electrons. The minimum absolute atomic E-state index is 0.296. The number of rotatable bonds is 5. The van der Waals surface area contributed by atoms with Crippen molar-refractivity contribution in [1.29, 1.82) is 0 Å². The first-order valence-corrected chi connectivity index (χ1v) is 9.58. The molecule has 0 N–H and O–H groups in total. The molecule has 0 unspecified atom stereocenters. The van der Waals surface area contributed by atoms with E-state index in [9.17, 15) is 8.42 Å². The molecule has 1 heterocycles. The van der Waals surface area contributed by atoms with Gasteiger partial charge in [0, 0.05) is 32.7 Å². The topological polar surface area (TPSA) is 40.6 Å². The molecule has 4 nitrogen and oxygen atoms in total. The van der Waals surface area contributed by atoms with Gasteiger partial charge in [-0.1, -0.05) is 19.1 Å². The number of hydrogen-bond donors (Lipinski definition) is 0. The first kappa shape index (κ1) is 14.5. The van der Waals surface area contributed by atoms with Crippen molar-refractivity contribution >= 4 is 10.0 Å². The van der Waals surface area contributed by atoms with Crippen LogP contribution < -0.4 is 0 Å². The monoisotopic (exact) mass is 298 g/mol. The Bertz CT molecular complexity index is 466. The van der Waals surface area contributed by atoms with Crippen molar-refractivity contribution < 1.29 is 8.42 Å². The smallest absolute Gasteiger partial charge is 0.214 e. The van der Waals surface area contributed by atoms with Gasteiger partial charge in [-0.25, -0.2) is 8.42 Å². The number of allylic oxidation sites excluding steroid dienone is 2. The summed E-state index contributed by atoms with van der Waals surface area (Å²) in [5.74, 6) is 2.73.